The van der Waals surface area contributed by atoms with Gasteiger partial charge in [-0.15, -0.1) is 0 Å². The van der Waals surface area contributed by atoms with Crippen LogP contribution in [-0.4, -0.2) is 18.2 Å². The number of ether oxygens (including phenoxy) is 2. The number of hydrogen-bond acceptors (Lipinski definition) is 4. The molecule has 148 valence electrons. The van der Waals surface area contributed by atoms with Crippen molar-refractivity contribution < 1.29 is 23.8 Å². The van der Waals surface area contributed by atoms with Crippen LogP contribution in [0.3, 0.4) is 0 Å². The summed E-state index contributed by atoms with van der Waals surface area (Å²) in [6.07, 6.45) is 3.32. The van der Waals surface area contributed by atoms with Crippen LogP contribution in [0.4, 0.5) is 4.39 Å². The molecule has 28 heavy (non-hydrogen) atoms. The predicted molar refractivity (Wildman–Crippen MR) is 103 cm³/mol. The van der Waals surface area contributed by atoms with Gasteiger partial charge in [-0.2, -0.15) is 0 Å². The van der Waals surface area contributed by atoms with E-state index < -0.39 is 5.82 Å². The van der Waals surface area contributed by atoms with Gasteiger partial charge >= 0.3 is 5.97 Å². The summed E-state index contributed by atoms with van der Waals surface area (Å²) in [5.74, 6) is 0.379. The Morgan fingerprint density at radius 1 is 1.21 bits per heavy atom. The fourth-order valence-corrected chi connectivity index (χ4v) is 4.35. The Kier molecular flexibility index (Phi) is 5.00. The zero-order chi connectivity index (χ0) is 19.8. The molecule has 3 atom stereocenters. The predicted octanol–water partition coefficient (Wildman–Crippen LogP) is 4.90. The Labute approximate surface area is 164 Å². The lowest BCUT2D eigenvalue weighted by Gasteiger charge is -2.29. The third-order valence-electron chi connectivity index (χ3n) is 5.99. The standard InChI is InChI=1S/C23H25FO4/c1-13(23(26)27-2)22(15-4-5-15)16-6-3-14-7-10-20(28-21(14)11-16)18-9-8-17(25)12-19(18)24/h3,6,8-9,11-13,15,20,22,25H,4-5,7,10H2,1-2H3/t13-,20?,22-/m0/s1. The van der Waals surface area contributed by atoms with E-state index in [0.717, 1.165) is 42.2 Å². The third-order valence-corrected chi connectivity index (χ3v) is 5.99. The van der Waals surface area contributed by atoms with Gasteiger partial charge in [-0.1, -0.05) is 19.1 Å². The Hall–Kier alpha value is -2.56. The van der Waals surface area contributed by atoms with Crippen LogP contribution < -0.4 is 4.74 Å². The summed E-state index contributed by atoms with van der Waals surface area (Å²) in [4.78, 5) is 12.1. The number of methoxy groups -OCH3 is 1. The lowest BCUT2D eigenvalue weighted by atomic mass is 9.82. The maximum absolute atomic E-state index is 14.3. The highest BCUT2D eigenvalue weighted by molar-refractivity contribution is 5.73. The Morgan fingerprint density at radius 2 is 2.00 bits per heavy atom. The van der Waals surface area contributed by atoms with Crippen molar-refractivity contribution in [2.45, 2.75) is 44.6 Å². The summed E-state index contributed by atoms with van der Waals surface area (Å²) in [6.45, 7) is 1.92. The van der Waals surface area contributed by atoms with E-state index in [1.54, 1.807) is 6.07 Å². The second kappa shape index (κ2) is 7.46. The first-order chi connectivity index (χ1) is 13.5. The molecule has 2 aromatic carbocycles. The van der Waals surface area contributed by atoms with Crippen molar-refractivity contribution in [1.82, 2.24) is 0 Å². The van der Waals surface area contributed by atoms with Gasteiger partial charge in [0.25, 0.3) is 0 Å². The molecule has 0 radical (unpaired) electrons. The molecule has 1 saturated carbocycles. The summed E-state index contributed by atoms with van der Waals surface area (Å²) in [5.41, 5.74) is 2.63. The fraction of sp³-hybridized carbons (Fsp3) is 0.435. The molecule has 5 heteroatoms. The van der Waals surface area contributed by atoms with Gasteiger partial charge in [-0.25, -0.2) is 4.39 Å². The molecule has 4 nitrogen and oxygen atoms in total. The molecular formula is C23H25FO4. The Morgan fingerprint density at radius 3 is 2.68 bits per heavy atom. The zero-order valence-corrected chi connectivity index (χ0v) is 16.2. The Bertz CT molecular complexity index is 890. The molecule has 0 bridgehead atoms. The van der Waals surface area contributed by atoms with E-state index in [4.69, 9.17) is 9.47 Å². The lowest BCUT2D eigenvalue weighted by Crippen LogP contribution is -2.23. The molecule has 0 saturated heterocycles. The smallest absolute Gasteiger partial charge is 0.309 e. The van der Waals surface area contributed by atoms with Crippen molar-refractivity contribution in [2.75, 3.05) is 7.11 Å². The van der Waals surface area contributed by atoms with E-state index >= 15 is 0 Å². The highest BCUT2D eigenvalue weighted by Gasteiger charge is 2.39. The van der Waals surface area contributed by atoms with Gasteiger partial charge in [-0.3, -0.25) is 4.79 Å². The Balaban J connectivity index is 1.62. The number of phenolic OH excluding ortho intramolecular Hbond substituents is 1. The number of rotatable bonds is 5. The van der Waals surface area contributed by atoms with Crippen molar-refractivity contribution >= 4 is 5.97 Å². The molecule has 1 fully saturated rings. The van der Waals surface area contributed by atoms with Crippen LogP contribution in [0.2, 0.25) is 0 Å². The van der Waals surface area contributed by atoms with Crippen LogP contribution in [0.25, 0.3) is 0 Å². The van der Waals surface area contributed by atoms with Gasteiger partial charge in [0.05, 0.1) is 13.0 Å². The summed E-state index contributed by atoms with van der Waals surface area (Å²) in [6, 6.07) is 10.3. The second-order valence-corrected chi connectivity index (χ2v) is 7.89. The van der Waals surface area contributed by atoms with Crippen LogP contribution in [0.1, 0.15) is 54.9 Å². The van der Waals surface area contributed by atoms with Crippen LogP contribution in [0.5, 0.6) is 11.5 Å². The summed E-state index contributed by atoms with van der Waals surface area (Å²) < 4.78 is 25.4. The van der Waals surface area contributed by atoms with E-state index in [9.17, 15) is 14.3 Å². The average molecular weight is 384 g/mol. The number of halogens is 1. The number of aromatic hydroxyl groups is 1. The molecule has 2 aromatic rings. The van der Waals surface area contributed by atoms with E-state index in [0.29, 0.717) is 17.9 Å². The minimum absolute atomic E-state index is 0.0937. The summed E-state index contributed by atoms with van der Waals surface area (Å²) >= 11 is 0. The van der Waals surface area contributed by atoms with Gasteiger partial charge < -0.3 is 14.6 Å². The molecule has 2 aliphatic rings. The first kappa shape index (κ1) is 18.8. The molecule has 1 aliphatic heterocycles. The van der Waals surface area contributed by atoms with Crippen molar-refractivity contribution in [1.29, 1.82) is 0 Å². The minimum atomic E-state index is -0.459. The van der Waals surface area contributed by atoms with Crippen molar-refractivity contribution in [3.8, 4) is 11.5 Å². The van der Waals surface area contributed by atoms with Gasteiger partial charge in [0.1, 0.15) is 23.4 Å². The normalized spacial score (nSPS) is 20.6. The molecule has 0 aromatic heterocycles. The number of benzene rings is 2. The number of fused-ring (bicyclic) bond motifs is 1. The molecule has 1 heterocycles. The van der Waals surface area contributed by atoms with Gasteiger partial charge in [0.15, 0.2) is 0 Å². The number of carbonyl (C=O) groups excluding carboxylic acids is 1. The molecule has 4 rings (SSSR count). The highest BCUT2D eigenvalue weighted by atomic mass is 19.1. The molecule has 1 unspecified atom stereocenters. The van der Waals surface area contributed by atoms with Crippen LogP contribution >= 0.6 is 0 Å². The van der Waals surface area contributed by atoms with E-state index in [1.165, 1.54) is 13.2 Å². The van der Waals surface area contributed by atoms with Crippen molar-refractivity contribution in [3.63, 3.8) is 0 Å². The van der Waals surface area contributed by atoms with Gasteiger partial charge in [-0.05, 0) is 66.8 Å². The molecule has 1 N–H and O–H groups in total. The second-order valence-electron chi connectivity index (χ2n) is 7.89. The first-order valence-corrected chi connectivity index (χ1v) is 9.83. The van der Waals surface area contributed by atoms with Gasteiger partial charge in [0.2, 0.25) is 0 Å². The monoisotopic (exact) mass is 384 g/mol. The van der Waals surface area contributed by atoms with Crippen molar-refractivity contribution in [3.05, 3.63) is 58.9 Å². The molecule has 0 spiro atoms. The summed E-state index contributed by atoms with van der Waals surface area (Å²) in [7, 11) is 1.43. The number of carbonyl (C=O) groups is 1. The van der Waals surface area contributed by atoms with Crippen molar-refractivity contribution in [2.24, 2.45) is 11.8 Å². The fourth-order valence-electron chi connectivity index (χ4n) is 4.35. The van der Waals surface area contributed by atoms with E-state index in [2.05, 4.69) is 12.1 Å². The number of aryl methyl sites for hydroxylation is 1. The number of phenols is 1. The molecular weight excluding hydrogens is 359 g/mol. The quantitative estimate of drug-likeness (QED) is 0.745. The van der Waals surface area contributed by atoms with Crippen LogP contribution in [0, 0.1) is 17.7 Å². The molecule has 0 amide bonds. The SMILES string of the molecule is COC(=O)[C@@H](C)[C@H](c1ccc2c(c1)OC(c1ccc(O)cc1F)CC2)C1CC1. The van der Waals surface area contributed by atoms with Crippen LogP contribution in [-0.2, 0) is 16.0 Å². The summed E-state index contributed by atoms with van der Waals surface area (Å²) in [5, 5.41) is 9.45. The van der Waals surface area contributed by atoms with E-state index in [-0.39, 0.29) is 29.7 Å². The zero-order valence-electron chi connectivity index (χ0n) is 16.2. The number of esters is 1. The van der Waals surface area contributed by atoms with Crippen LogP contribution in [0.15, 0.2) is 36.4 Å². The number of hydrogen-bond donors (Lipinski definition) is 1. The van der Waals surface area contributed by atoms with Gasteiger partial charge in [0, 0.05) is 11.6 Å². The maximum Gasteiger partial charge on any atom is 0.309 e. The average Bonchev–Trinajstić information content (AvgIpc) is 3.52. The van der Waals surface area contributed by atoms with E-state index in [1.807, 2.05) is 13.0 Å². The first-order valence-electron chi connectivity index (χ1n) is 9.83. The maximum atomic E-state index is 14.3. The third kappa shape index (κ3) is 3.58. The lowest BCUT2D eigenvalue weighted by molar-refractivity contribution is -0.145. The molecule has 1 aliphatic carbocycles. The largest absolute Gasteiger partial charge is 0.508 e. The topological polar surface area (TPSA) is 55.8 Å². The minimum Gasteiger partial charge on any atom is -0.508 e. The highest BCUT2D eigenvalue weighted by Crippen LogP contribution is 2.48.